The zero-order chi connectivity index (χ0) is 14.7. The molecule has 0 fully saturated rings. The van der Waals surface area contributed by atoms with Gasteiger partial charge in [-0.1, -0.05) is 36.3 Å². The number of hydrogen-bond acceptors (Lipinski definition) is 4. The van der Waals surface area contributed by atoms with Crippen LogP contribution in [0.25, 0.3) is 0 Å². The molecule has 0 saturated carbocycles. The van der Waals surface area contributed by atoms with E-state index in [4.69, 9.17) is 4.52 Å². The minimum atomic E-state index is 0.168. The number of nitrogens with zero attached hydrogens (tertiary/aromatic N) is 2. The molecular formula is C17H20N2O2. The third-order valence-electron chi connectivity index (χ3n) is 4.07. The number of aromatic nitrogens is 2. The molecule has 1 aliphatic rings. The summed E-state index contributed by atoms with van der Waals surface area (Å²) < 4.78 is 5.24. The zero-order valence-electron chi connectivity index (χ0n) is 12.3. The van der Waals surface area contributed by atoms with E-state index in [1.54, 1.807) is 0 Å². The van der Waals surface area contributed by atoms with Gasteiger partial charge in [0.25, 0.3) is 0 Å². The molecule has 0 amide bonds. The highest BCUT2D eigenvalue weighted by Crippen LogP contribution is 2.31. The first-order valence-electron chi connectivity index (χ1n) is 7.67. The summed E-state index contributed by atoms with van der Waals surface area (Å²) in [7, 11) is 0. The second-order valence-electron chi connectivity index (χ2n) is 5.72. The lowest BCUT2D eigenvalue weighted by molar-refractivity contribution is -0.118. The molecule has 110 valence electrons. The Kier molecular flexibility index (Phi) is 4.13. The third kappa shape index (κ3) is 3.20. The van der Waals surface area contributed by atoms with Gasteiger partial charge in [0.15, 0.2) is 5.82 Å². The monoisotopic (exact) mass is 284 g/mol. The number of Topliss-reactive ketones (excluding diaryl/α,β-unsaturated/α-hetero) is 1. The van der Waals surface area contributed by atoms with Crippen molar-refractivity contribution in [1.29, 1.82) is 0 Å². The van der Waals surface area contributed by atoms with Crippen LogP contribution in [0.3, 0.4) is 0 Å². The molecule has 0 bridgehead atoms. The van der Waals surface area contributed by atoms with Gasteiger partial charge < -0.3 is 4.52 Å². The highest BCUT2D eigenvalue weighted by atomic mass is 16.5. The number of ketones is 1. The first-order valence-corrected chi connectivity index (χ1v) is 7.67. The van der Waals surface area contributed by atoms with Gasteiger partial charge in [-0.2, -0.15) is 4.98 Å². The molecule has 21 heavy (non-hydrogen) atoms. The zero-order valence-corrected chi connectivity index (χ0v) is 12.3. The van der Waals surface area contributed by atoms with Crippen LogP contribution in [-0.4, -0.2) is 15.9 Å². The molecule has 0 aliphatic heterocycles. The Hall–Kier alpha value is -1.97. The number of fused-ring (bicyclic) bond motifs is 1. The van der Waals surface area contributed by atoms with E-state index in [1.165, 1.54) is 11.1 Å². The van der Waals surface area contributed by atoms with E-state index in [0.717, 1.165) is 31.5 Å². The Morgan fingerprint density at radius 3 is 2.95 bits per heavy atom. The average Bonchev–Trinajstić information content (AvgIpc) is 2.95. The first kappa shape index (κ1) is 14.0. The molecule has 1 heterocycles. The number of carbonyl (C=O) groups is 1. The van der Waals surface area contributed by atoms with Crippen LogP contribution in [0.5, 0.6) is 0 Å². The van der Waals surface area contributed by atoms with Crippen molar-refractivity contribution >= 4 is 5.78 Å². The maximum absolute atomic E-state index is 11.6. The van der Waals surface area contributed by atoms with Crippen LogP contribution < -0.4 is 0 Å². The van der Waals surface area contributed by atoms with Gasteiger partial charge in [0, 0.05) is 12.3 Å². The first-order chi connectivity index (χ1) is 10.3. The van der Waals surface area contributed by atoms with Crippen LogP contribution in [0, 0.1) is 0 Å². The molecule has 0 spiro atoms. The SMILES string of the molecule is CCCC(=O)Cc1nc(C2CCc3ccccc3C2)no1. The summed E-state index contributed by atoms with van der Waals surface area (Å²) in [5.74, 6) is 1.69. The summed E-state index contributed by atoms with van der Waals surface area (Å²) in [4.78, 5) is 16.1. The predicted octanol–water partition coefficient (Wildman–Crippen LogP) is 3.25. The fourth-order valence-corrected chi connectivity index (χ4v) is 2.96. The standard InChI is InChI=1S/C17H20N2O2/c1-2-5-15(20)11-16-18-17(19-21-16)14-9-8-12-6-3-4-7-13(12)10-14/h3-4,6-7,14H,2,5,8-11H2,1H3. The lowest BCUT2D eigenvalue weighted by atomic mass is 9.83. The van der Waals surface area contributed by atoms with Crippen molar-refractivity contribution in [2.24, 2.45) is 0 Å². The maximum atomic E-state index is 11.6. The van der Waals surface area contributed by atoms with Crippen molar-refractivity contribution < 1.29 is 9.32 Å². The van der Waals surface area contributed by atoms with Crippen molar-refractivity contribution in [3.8, 4) is 0 Å². The summed E-state index contributed by atoms with van der Waals surface area (Å²) in [6.45, 7) is 2.00. The van der Waals surface area contributed by atoms with Crippen LogP contribution in [0.15, 0.2) is 28.8 Å². The highest BCUT2D eigenvalue weighted by molar-refractivity contribution is 5.79. The number of carbonyl (C=O) groups excluding carboxylic acids is 1. The van der Waals surface area contributed by atoms with Gasteiger partial charge in [0.1, 0.15) is 5.78 Å². The van der Waals surface area contributed by atoms with Crippen LogP contribution in [-0.2, 0) is 24.1 Å². The van der Waals surface area contributed by atoms with Gasteiger partial charge in [-0.05, 0) is 36.8 Å². The summed E-state index contributed by atoms with van der Waals surface area (Å²) in [6.07, 6.45) is 4.76. The van der Waals surface area contributed by atoms with Crippen molar-refractivity contribution in [2.45, 2.75) is 51.4 Å². The summed E-state index contributed by atoms with van der Waals surface area (Å²) in [6, 6.07) is 8.53. The number of hydrogen-bond donors (Lipinski definition) is 0. The minimum absolute atomic E-state index is 0.168. The van der Waals surface area contributed by atoms with Crippen molar-refractivity contribution in [1.82, 2.24) is 10.1 Å². The number of aryl methyl sites for hydroxylation is 1. The lowest BCUT2D eigenvalue weighted by Gasteiger charge is -2.21. The van der Waals surface area contributed by atoms with Gasteiger partial charge >= 0.3 is 0 Å². The Balaban J connectivity index is 1.69. The normalized spacial score (nSPS) is 17.5. The van der Waals surface area contributed by atoms with Gasteiger partial charge in [-0.3, -0.25) is 4.79 Å². The molecule has 2 aromatic rings. The van der Waals surface area contributed by atoms with E-state index >= 15 is 0 Å². The fraction of sp³-hybridized carbons (Fsp3) is 0.471. The molecule has 0 radical (unpaired) electrons. The Labute approximate surface area is 124 Å². The molecule has 4 nitrogen and oxygen atoms in total. The van der Waals surface area contributed by atoms with E-state index < -0.39 is 0 Å². The molecule has 3 rings (SSSR count). The van der Waals surface area contributed by atoms with Gasteiger partial charge in [-0.25, -0.2) is 0 Å². The van der Waals surface area contributed by atoms with Crippen LogP contribution in [0.2, 0.25) is 0 Å². The maximum Gasteiger partial charge on any atom is 0.234 e. The summed E-state index contributed by atoms with van der Waals surface area (Å²) in [5, 5.41) is 4.09. The molecule has 1 aromatic carbocycles. The lowest BCUT2D eigenvalue weighted by Crippen LogP contribution is -2.14. The van der Waals surface area contributed by atoms with Crippen LogP contribution in [0.1, 0.15) is 54.9 Å². The number of rotatable bonds is 5. The second kappa shape index (κ2) is 6.20. The molecular weight excluding hydrogens is 264 g/mol. The largest absolute Gasteiger partial charge is 0.339 e. The summed E-state index contributed by atoms with van der Waals surface area (Å²) >= 11 is 0. The van der Waals surface area contributed by atoms with E-state index in [0.29, 0.717) is 18.2 Å². The van der Waals surface area contributed by atoms with E-state index in [9.17, 15) is 4.79 Å². The van der Waals surface area contributed by atoms with Gasteiger partial charge in [0.05, 0.1) is 6.42 Å². The quantitative estimate of drug-likeness (QED) is 0.845. The molecule has 0 N–H and O–H groups in total. The minimum Gasteiger partial charge on any atom is -0.339 e. The molecule has 1 aliphatic carbocycles. The van der Waals surface area contributed by atoms with Crippen molar-refractivity contribution in [3.05, 3.63) is 47.1 Å². The molecule has 0 saturated heterocycles. The Morgan fingerprint density at radius 1 is 1.33 bits per heavy atom. The van der Waals surface area contributed by atoms with Crippen LogP contribution >= 0.6 is 0 Å². The van der Waals surface area contributed by atoms with Crippen molar-refractivity contribution in [2.75, 3.05) is 0 Å². The number of benzene rings is 1. The van der Waals surface area contributed by atoms with E-state index in [2.05, 4.69) is 34.4 Å². The smallest absolute Gasteiger partial charge is 0.234 e. The second-order valence-corrected chi connectivity index (χ2v) is 5.72. The molecule has 1 unspecified atom stereocenters. The van der Waals surface area contributed by atoms with Gasteiger partial charge in [-0.15, -0.1) is 0 Å². The molecule has 1 atom stereocenters. The van der Waals surface area contributed by atoms with Crippen molar-refractivity contribution in [3.63, 3.8) is 0 Å². The Bertz CT molecular complexity index is 633. The molecule has 1 aromatic heterocycles. The van der Waals surface area contributed by atoms with Gasteiger partial charge in [0.2, 0.25) is 5.89 Å². The van der Waals surface area contributed by atoms with E-state index in [1.807, 2.05) is 6.92 Å². The Morgan fingerprint density at radius 2 is 2.14 bits per heavy atom. The summed E-state index contributed by atoms with van der Waals surface area (Å²) in [5.41, 5.74) is 2.80. The van der Waals surface area contributed by atoms with E-state index in [-0.39, 0.29) is 12.2 Å². The third-order valence-corrected chi connectivity index (χ3v) is 4.07. The predicted molar refractivity (Wildman–Crippen MR) is 79.1 cm³/mol. The average molecular weight is 284 g/mol. The fourth-order valence-electron chi connectivity index (χ4n) is 2.96. The highest BCUT2D eigenvalue weighted by Gasteiger charge is 2.24. The van der Waals surface area contributed by atoms with Crippen LogP contribution in [0.4, 0.5) is 0 Å². The molecule has 4 heteroatoms. The topological polar surface area (TPSA) is 56.0 Å².